The molecule has 1 aliphatic rings. The summed E-state index contributed by atoms with van der Waals surface area (Å²) in [6, 6.07) is 6.37. The molecule has 2 N–H and O–H groups in total. The van der Waals surface area contributed by atoms with E-state index in [-0.39, 0.29) is 29.4 Å². The van der Waals surface area contributed by atoms with Gasteiger partial charge in [0.05, 0.1) is 20.4 Å². The third-order valence-electron chi connectivity index (χ3n) is 6.32. The van der Waals surface area contributed by atoms with Crippen molar-refractivity contribution in [3.8, 4) is 11.5 Å². The van der Waals surface area contributed by atoms with E-state index in [1.807, 2.05) is 31.0 Å². The lowest BCUT2D eigenvalue weighted by Gasteiger charge is -2.38. The Morgan fingerprint density at radius 3 is 2.50 bits per heavy atom. The van der Waals surface area contributed by atoms with Crippen LogP contribution >= 0.6 is 24.0 Å². The number of nitrogens with zero attached hydrogens (tertiary/aromatic N) is 3. The number of methoxy groups -OCH3 is 2. The van der Waals surface area contributed by atoms with Crippen molar-refractivity contribution >= 4 is 29.9 Å². The van der Waals surface area contributed by atoms with E-state index in [0.717, 1.165) is 56.2 Å². The van der Waals surface area contributed by atoms with Gasteiger partial charge in [0.2, 0.25) is 0 Å². The van der Waals surface area contributed by atoms with Crippen molar-refractivity contribution < 1.29 is 9.47 Å². The molecule has 0 spiro atoms. The van der Waals surface area contributed by atoms with Crippen LogP contribution in [0.4, 0.5) is 0 Å². The number of aromatic nitrogens is 2. The maximum absolute atomic E-state index is 5.58. The van der Waals surface area contributed by atoms with Crippen molar-refractivity contribution in [3.05, 3.63) is 41.7 Å². The van der Waals surface area contributed by atoms with Crippen molar-refractivity contribution in [1.29, 1.82) is 0 Å². The van der Waals surface area contributed by atoms with E-state index in [2.05, 4.69) is 39.1 Å². The first-order valence-electron chi connectivity index (χ1n) is 11.2. The molecule has 0 bridgehead atoms. The van der Waals surface area contributed by atoms with Gasteiger partial charge in [-0.2, -0.15) is 5.10 Å². The number of hydrogen-bond donors (Lipinski definition) is 2. The maximum Gasteiger partial charge on any atom is 0.191 e. The smallest absolute Gasteiger partial charge is 0.191 e. The first kappa shape index (κ1) is 26.3. The zero-order valence-electron chi connectivity index (χ0n) is 19.8. The molecule has 178 valence electrons. The number of aryl methyl sites for hydroxylation is 2. The second-order valence-corrected chi connectivity index (χ2v) is 8.39. The Morgan fingerprint density at radius 1 is 1.12 bits per heavy atom. The molecule has 0 radical (unpaired) electrons. The summed E-state index contributed by atoms with van der Waals surface area (Å²) < 4.78 is 12.9. The molecule has 1 fully saturated rings. The van der Waals surface area contributed by atoms with Gasteiger partial charge in [-0.05, 0) is 48.9 Å². The van der Waals surface area contributed by atoms with E-state index in [1.54, 1.807) is 14.2 Å². The van der Waals surface area contributed by atoms with Gasteiger partial charge in [0.1, 0.15) is 0 Å². The van der Waals surface area contributed by atoms with Crippen molar-refractivity contribution in [2.24, 2.45) is 12.0 Å². The van der Waals surface area contributed by atoms with Gasteiger partial charge in [0.15, 0.2) is 17.5 Å². The highest BCUT2D eigenvalue weighted by atomic mass is 127. The van der Waals surface area contributed by atoms with Crippen LogP contribution in [-0.2, 0) is 18.9 Å². The number of rotatable bonds is 9. The normalized spacial score (nSPS) is 15.6. The standard InChI is InChI=1S/C24H37N5O2.HI/c1-25-23(26-14-8-9-19-16-28-29(2)17-19)27-18-24(12-6-5-7-13-24)20-10-11-21(30-3)22(15-20)31-4;/h10-11,15-17H,5-9,12-14,18H2,1-4H3,(H2,25,26,27);1H. The van der Waals surface area contributed by atoms with Gasteiger partial charge in [-0.15, -0.1) is 24.0 Å². The SMILES string of the molecule is CN=C(NCCCc1cnn(C)c1)NCC1(c2ccc(OC)c(OC)c2)CCCCC1.I. The number of nitrogens with one attached hydrogen (secondary N) is 2. The van der Waals surface area contributed by atoms with Crippen molar-refractivity contribution in [3.63, 3.8) is 0 Å². The lowest BCUT2D eigenvalue weighted by atomic mass is 9.69. The lowest BCUT2D eigenvalue weighted by molar-refractivity contribution is 0.288. The third-order valence-corrected chi connectivity index (χ3v) is 6.32. The molecule has 0 unspecified atom stereocenters. The molecule has 1 aromatic heterocycles. The van der Waals surface area contributed by atoms with Crippen LogP contribution in [0.25, 0.3) is 0 Å². The molecule has 0 aliphatic heterocycles. The van der Waals surface area contributed by atoms with Gasteiger partial charge >= 0.3 is 0 Å². The van der Waals surface area contributed by atoms with E-state index in [1.165, 1.54) is 30.4 Å². The third kappa shape index (κ3) is 6.76. The number of halogens is 1. The fourth-order valence-electron chi connectivity index (χ4n) is 4.54. The minimum atomic E-state index is 0. The van der Waals surface area contributed by atoms with Crippen molar-refractivity contribution in [2.75, 3.05) is 34.4 Å². The quantitative estimate of drug-likeness (QED) is 0.212. The molecule has 7 nitrogen and oxygen atoms in total. The minimum absolute atomic E-state index is 0. The van der Waals surface area contributed by atoms with Gasteiger partial charge in [-0.25, -0.2) is 0 Å². The van der Waals surface area contributed by atoms with Crippen LogP contribution in [0, 0.1) is 0 Å². The predicted octanol–water partition coefficient (Wildman–Crippen LogP) is 4.06. The monoisotopic (exact) mass is 555 g/mol. The van der Waals surface area contributed by atoms with Gasteiger partial charge in [0.25, 0.3) is 0 Å². The second-order valence-electron chi connectivity index (χ2n) is 8.39. The molecule has 0 saturated heterocycles. The Kier molecular flexibility index (Phi) is 10.6. The molecular formula is C24H38IN5O2. The molecule has 0 amide bonds. The summed E-state index contributed by atoms with van der Waals surface area (Å²) in [5, 5.41) is 11.3. The average Bonchev–Trinajstić information content (AvgIpc) is 3.23. The average molecular weight is 556 g/mol. The molecule has 2 aromatic rings. The predicted molar refractivity (Wildman–Crippen MR) is 141 cm³/mol. The summed E-state index contributed by atoms with van der Waals surface area (Å²) in [4.78, 5) is 4.44. The van der Waals surface area contributed by atoms with Gasteiger partial charge in [-0.3, -0.25) is 9.67 Å². The number of benzene rings is 1. The molecule has 32 heavy (non-hydrogen) atoms. The van der Waals surface area contributed by atoms with Crippen LogP contribution in [-0.4, -0.2) is 50.1 Å². The van der Waals surface area contributed by atoms with E-state index in [0.29, 0.717) is 0 Å². The molecule has 1 aromatic carbocycles. The molecule has 8 heteroatoms. The summed E-state index contributed by atoms with van der Waals surface area (Å²) in [5.74, 6) is 2.43. The zero-order chi connectivity index (χ0) is 22.1. The lowest BCUT2D eigenvalue weighted by Crippen LogP contribution is -2.46. The van der Waals surface area contributed by atoms with Crippen molar-refractivity contribution in [2.45, 2.75) is 50.4 Å². The molecule has 3 rings (SSSR count). The van der Waals surface area contributed by atoms with Crippen LogP contribution in [0.15, 0.2) is 35.6 Å². The number of ether oxygens (including phenoxy) is 2. The number of aliphatic imine (C=N–C) groups is 1. The van der Waals surface area contributed by atoms with Crippen LogP contribution in [0.3, 0.4) is 0 Å². The topological polar surface area (TPSA) is 72.7 Å². The Labute approximate surface area is 209 Å². The van der Waals surface area contributed by atoms with Gasteiger partial charge in [-0.1, -0.05) is 25.3 Å². The molecule has 1 heterocycles. The molecule has 1 aliphatic carbocycles. The summed E-state index contributed by atoms with van der Waals surface area (Å²) in [7, 11) is 7.16. The fourth-order valence-corrected chi connectivity index (χ4v) is 4.54. The summed E-state index contributed by atoms with van der Waals surface area (Å²) >= 11 is 0. The molecule has 1 saturated carbocycles. The fraction of sp³-hybridized carbons (Fsp3) is 0.583. The van der Waals surface area contributed by atoms with Crippen LogP contribution in [0.2, 0.25) is 0 Å². The highest BCUT2D eigenvalue weighted by molar-refractivity contribution is 14.0. The van der Waals surface area contributed by atoms with Gasteiger partial charge in [0, 0.05) is 38.8 Å². The van der Waals surface area contributed by atoms with E-state index < -0.39 is 0 Å². The number of guanidine groups is 1. The maximum atomic E-state index is 5.58. The number of hydrogen-bond acceptors (Lipinski definition) is 4. The van der Waals surface area contributed by atoms with Crippen LogP contribution < -0.4 is 20.1 Å². The first-order valence-corrected chi connectivity index (χ1v) is 11.2. The Balaban J connectivity index is 0.00000363. The second kappa shape index (κ2) is 12.9. The van der Waals surface area contributed by atoms with Crippen molar-refractivity contribution in [1.82, 2.24) is 20.4 Å². The highest BCUT2D eigenvalue weighted by Gasteiger charge is 2.34. The van der Waals surface area contributed by atoms with E-state index in [4.69, 9.17) is 9.47 Å². The molecule has 0 atom stereocenters. The van der Waals surface area contributed by atoms with Crippen LogP contribution in [0.1, 0.15) is 49.7 Å². The largest absolute Gasteiger partial charge is 0.493 e. The first-order chi connectivity index (χ1) is 15.1. The summed E-state index contributed by atoms with van der Waals surface area (Å²) in [6.45, 7) is 1.72. The summed E-state index contributed by atoms with van der Waals surface area (Å²) in [6.07, 6.45) is 12.2. The zero-order valence-corrected chi connectivity index (χ0v) is 22.1. The Morgan fingerprint density at radius 2 is 1.88 bits per heavy atom. The Hall–Kier alpha value is -1.97. The van der Waals surface area contributed by atoms with Crippen LogP contribution in [0.5, 0.6) is 11.5 Å². The Bertz CT molecular complexity index is 862. The van der Waals surface area contributed by atoms with Gasteiger partial charge < -0.3 is 20.1 Å². The summed E-state index contributed by atoms with van der Waals surface area (Å²) in [5.41, 5.74) is 2.65. The molecular weight excluding hydrogens is 517 g/mol. The highest BCUT2D eigenvalue weighted by Crippen LogP contribution is 2.42. The van der Waals surface area contributed by atoms with E-state index in [9.17, 15) is 0 Å². The minimum Gasteiger partial charge on any atom is -0.493 e. The van der Waals surface area contributed by atoms with E-state index >= 15 is 0 Å².